The van der Waals surface area contributed by atoms with Crippen LogP contribution in [0.1, 0.15) is 13.3 Å². The molecule has 1 rings (SSSR count). The summed E-state index contributed by atoms with van der Waals surface area (Å²) in [7, 11) is 5.71. The lowest BCUT2D eigenvalue weighted by molar-refractivity contribution is 0.415. The van der Waals surface area contributed by atoms with Crippen molar-refractivity contribution < 1.29 is 4.74 Å². The Balaban J connectivity index is 3.00. The smallest absolute Gasteiger partial charge is 0.142 e. The normalized spacial score (nSPS) is 9.87. The van der Waals surface area contributed by atoms with E-state index in [-0.39, 0.29) is 0 Å². The molecule has 0 aliphatic heterocycles. The molecule has 1 aromatic carbocycles. The van der Waals surface area contributed by atoms with E-state index in [2.05, 4.69) is 30.3 Å². The van der Waals surface area contributed by atoms with Crippen LogP contribution < -0.4 is 15.0 Å². The molecule has 3 heteroatoms. The molecule has 0 saturated heterocycles. The van der Waals surface area contributed by atoms with Crippen LogP contribution in [0, 0.1) is 0 Å². The van der Waals surface area contributed by atoms with Gasteiger partial charge in [0, 0.05) is 26.3 Å². The standard InChI is InChI=1S/C12H20N2O/c1-5-8-14(3)11-9-10(13-2)6-7-12(11)15-4/h6-7,9,13H,5,8H2,1-4H3. The summed E-state index contributed by atoms with van der Waals surface area (Å²) < 4.78 is 5.34. The van der Waals surface area contributed by atoms with Crippen LogP contribution >= 0.6 is 0 Å². The van der Waals surface area contributed by atoms with Gasteiger partial charge in [0.2, 0.25) is 0 Å². The number of benzene rings is 1. The molecule has 15 heavy (non-hydrogen) atoms. The van der Waals surface area contributed by atoms with Crippen LogP contribution in [0.25, 0.3) is 0 Å². The summed E-state index contributed by atoms with van der Waals surface area (Å²) in [6.45, 7) is 3.20. The molecule has 1 aromatic rings. The summed E-state index contributed by atoms with van der Waals surface area (Å²) in [5, 5.41) is 3.13. The number of hydrogen-bond acceptors (Lipinski definition) is 3. The van der Waals surface area contributed by atoms with Crippen LogP contribution in [0.4, 0.5) is 11.4 Å². The molecular weight excluding hydrogens is 188 g/mol. The van der Waals surface area contributed by atoms with Gasteiger partial charge in [0.25, 0.3) is 0 Å². The summed E-state index contributed by atoms with van der Waals surface area (Å²) in [4.78, 5) is 2.21. The first-order chi connectivity index (χ1) is 7.22. The van der Waals surface area contributed by atoms with Gasteiger partial charge in [0.1, 0.15) is 5.75 Å². The average Bonchev–Trinajstić information content (AvgIpc) is 2.28. The molecule has 0 heterocycles. The lowest BCUT2D eigenvalue weighted by atomic mass is 10.2. The molecule has 0 fully saturated rings. The Bertz CT molecular complexity index is 312. The predicted molar refractivity (Wildman–Crippen MR) is 66.1 cm³/mol. The van der Waals surface area contributed by atoms with E-state index in [4.69, 9.17) is 4.74 Å². The maximum absolute atomic E-state index is 5.34. The van der Waals surface area contributed by atoms with E-state index in [9.17, 15) is 0 Å². The third-order valence-electron chi connectivity index (χ3n) is 2.44. The minimum Gasteiger partial charge on any atom is -0.495 e. The maximum atomic E-state index is 5.34. The van der Waals surface area contributed by atoms with Crippen molar-refractivity contribution in [1.82, 2.24) is 0 Å². The first-order valence-electron chi connectivity index (χ1n) is 5.29. The van der Waals surface area contributed by atoms with E-state index in [1.54, 1.807) is 7.11 Å². The first-order valence-corrected chi connectivity index (χ1v) is 5.29. The molecule has 0 atom stereocenters. The van der Waals surface area contributed by atoms with Gasteiger partial charge in [-0.2, -0.15) is 0 Å². The highest BCUT2D eigenvalue weighted by molar-refractivity contribution is 5.65. The zero-order chi connectivity index (χ0) is 11.3. The van der Waals surface area contributed by atoms with Crippen molar-refractivity contribution in [1.29, 1.82) is 0 Å². The first kappa shape index (κ1) is 11.7. The molecule has 0 unspecified atom stereocenters. The highest BCUT2D eigenvalue weighted by Gasteiger charge is 2.07. The van der Waals surface area contributed by atoms with Crippen molar-refractivity contribution in [3.8, 4) is 5.75 Å². The molecule has 0 bridgehead atoms. The van der Waals surface area contributed by atoms with Gasteiger partial charge in [-0.25, -0.2) is 0 Å². The number of ether oxygens (including phenoxy) is 1. The van der Waals surface area contributed by atoms with Crippen LogP contribution in [-0.2, 0) is 0 Å². The van der Waals surface area contributed by atoms with Crippen molar-refractivity contribution >= 4 is 11.4 Å². The predicted octanol–water partition coefficient (Wildman–Crippen LogP) is 2.58. The second-order valence-corrected chi connectivity index (χ2v) is 3.56. The molecule has 0 aliphatic rings. The van der Waals surface area contributed by atoms with Crippen LogP contribution in [0.2, 0.25) is 0 Å². The van der Waals surface area contributed by atoms with Crippen molar-refractivity contribution in [3.05, 3.63) is 18.2 Å². The van der Waals surface area contributed by atoms with Gasteiger partial charge < -0.3 is 15.0 Å². The second-order valence-electron chi connectivity index (χ2n) is 3.56. The third kappa shape index (κ3) is 2.78. The largest absolute Gasteiger partial charge is 0.495 e. The van der Waals surface area contributed by atoms with Gasteiger partial charge in [0.15, 0.2) is 0 Å². The molecule has 0 radical (unpaired) electrons. The summed E-state index contributed by atoms with van der Waals surface area (Å²) in [6, 6.07) is 6.12. The number of methoxy groups -OCH3 is 1. The molecule has 0 spiro atoms. The van der Waals surface area contributed by atoms with Crippen LogP contribution in [-0.4, -0.2) is 27.7 Å². The number of rotatable bonds is 5. The van der Waals surface area contributed by atoms with Crippen molar-refractivity contribution in [2.75, 3.05) is 38.0 Å². The zero-order valence-corrected chi connectivity index (χ0v) is 10.0. The fourth-order valence-electron chi connectivity index (χ4n) is 1.60. The van der Waals surface area contributed by atoms with Gasteiger partial charge in [0.05, 0.1) is 12.8 Å². The summed E-state index contributed by atoms with van der Waals surface area (Å²) >= 11 is 0. The number of anilines is 2. The van der Waals surface area contributed by atoms with Gasteiger partial charge in [-0.3, -0.25) is 0 Å². The molecule has 1 N–H and O–H groups in total. The minimum atomic E-state index is 0.921. The van der Waals surface area contributed by atoms with E-state index >= 15 is 0 Å². The number of hydrogen-bond donors (Lipinski definition) is 1. The zero-order valence-electron chi connectivity index (χ0n) is 10.0. The Kier molecular flexibility index (Phi) is 4.28. The quantitative estimate of drug-likeness (QED) is 0.805. The second kappa shape index (κ2) is 5.49. The Labute approximate surface area is 92.0 Å². The van der Waals surface area contributed by atoms with Crippen molar-refractivity contribution in [3.63, 3.8) is 0 Å². The highest BCUT2D eigenvalue weighted by Crippen LogP contribution is 2.30. The minimum absolute atomic E-state index is 0.921. The Hall–Kier alpha value is -1.38. The fourth-order valence-corrected chi connectivity index (χ4v) is 1.60. The van der Waals surface area contributed by atoms with E-state index in [0.29, 0.717) is 0 Å². The molecule has 3 nitrogen and oxygen atoms in total. The average molecular weight is 208 g/mol. The molecule has 0 aromatic heterocycles. The van der Waals surface area contributed by atoms with Crippen LogP contribution in [0.3, 0.4) is 0 Å². The van der Waals surface area contributed by atoms with Crippen molar-refractivity contribution in [2.24, 2.45) is 0 Å². The highest BCUT2D eigenvalue weighted by atomic mass is 16.5. The van der Waals surface area contributed by atoms with Crippen molar-refractivity contribution in [2.45, 2.75) is 13.3 Å². The van der Waals surface area contributed by atoms with Gasteiger partial charge >= 0.3 is 0 Å². The lowest BCUT2D eigenvalue weighted by Crippen LogP contribution is -2.18. The monoisotopic (exact) mass is 208 g/mol. The number of nitrogens with zero attached hydrogens (tertiary/aromatic N) is 1. The summed E-state index contributed by atoms with van der Waals surface area (Å²) in [5.74, 6) is 0.921. The van der Waals surface area contributed by atoms with Gasteiger partial charge in [-0.1, -0.05) is 6.92 Å². The van der Waals surface area contributed by atoms with E-state index in [1.165, 1.54) is 0 Å². The summed E-state index contributed by atoms with van der Waals surface area (Å²) in [5.41, 5.74) is 2.24. The molecule has 0 amide bonds. The summed E-state index contributed by atoms with van der Waals surface area (Å²) in [6.07, 6.45) is 1.13. The van der Waals surface area contributed by atoms with E-state index in [0.717, 1.165) is 30.1 Å². The van der Waals surface area contributed by atoms with E-state index in [1.807, 2.05) is 19.2 Å². The Morgan fingerprint density at radius 2 is 2.13 bits per heavy atom. The molecule has 84 valence electrons. The van der Waals surface area contributed by atoms with Gasteiger partial charge in [-0.15, -0.1) is 0 Å². The maximum Gasteiger partial charge on any atom is 0.142 e. The van der Waals surface area contributed by atoms with Crippen LogP contribution in [0.15, 0.2) is 18.2 Å². The Morgan fingerprint density at radius 1 is 1.40 bits per heavy atom. The SMILES string of the molecule is CCCN(C)c1cc(NC)ccc1OC. The van der Waals surface area contributed by atoms with E-state index < -0.39 is 0 Å². The molecule has 0 aliphatic carbocycles. The molecule has 0 saturated carbocycles. The topological polar surface area (TPSA) is 24.5 Å². The van der Waals surface area contributed by atoms with Gasteiger partial charge in [-0.05, 0) is 24.6 Å². The fraction of sp³-hybridized carbons (Fsp3) is 0.500. The Morgan fingerprint density at radius 3 is 2.67 bits per heavy atom. The van der Waals surface area contributed by atoms with Crippen LogP contribution in [0.5, 0.6) is 5.75 Å². The number of nitrogens with one attached hydrogen (secondary N) is 1. The molecular formula is C12H20N2O. The lowest BCUT2D eigenvalue weighted by Gasteiger charge is -2.21. The third-order valence-corrected chi connectivity index (χ3v) is 2.44.